The molecule has 0 saturated carbocycles. The largest absolute Gasteiger partial charge is 0.438 e. The summed E-state index contributed by atoms with van der Waals surface area (Å²) in [6.45, 7) is 2.55. The molecular formula is C30H32ClN3O4. The van der Waals surface area contributed by atoms with E-state index in [0.717, 1.165) is 48.3 Å². The monoisotopic (exact) mass is 533 g/mol. The summed E-state index contributed by atoms with van der Waals surface area (Å²) in [5, 5.41) is 23.7. The molecule has 3 heterocycles. The normalized spacial score (nSPS) is 17.7. The first-order chi connectivity index (χ1) is 18.5. The Balaban J connectivity index is 1.30. The molecule has 2 aliphatic heterocycles. The number of piperidine rings is 1. The number of hydrogen-bond donors (Lipinski definition) is 3. The summed E-state index contributed by atoms with van der Waals surface area (Å²) in [5.74, 6) is 0.901. The summed E-state index contributed by atoms with van der Waals surface area (Å²) >= 11 is 6.02. The van der Waals surface area contributed by atoms with Gasteiger partial charge in [-0.05, 0) is 66.8 Å². The van der Waals surface area contributed by atoms with Gasteiger partial charge < -0.3 is 25.2 Å². The van der Waals surface area contributed by atoms with Gasteiger partial charge in [0.05, 0.1) is 12.2 Å². The van der Waals surface area contributed by atoms with Gasteiger partial charge in [0.15, 0.2) is 0 Å². The highest BCUT2D eigenvalue weighted by Gasteiger charge is 2.33. The third-order valence-corrected chi connectivity index (χ3v) is 7.62. The Morgan fingerprint density at radius 3 is 2.68 bits per heavy atom. The maximum Gasteiger partial charge on any atom is 0.251 e. The smallest absolute Gasteiger partial charge is 0.251 e. The number of carbonyl (C=O) groups excluding carboxylic acids is 1. The Labute approximate surface area is 227 Å². The Morgan fingerprint density at radius 2 is 1.92 bits per heavy atom. The van der Waals surface area contributed by atoms with Gasteiger partial charge in [-0.2, -0.15) is 0 Å². The number of benzene rings is 2. The van der Waals surface area contributed by atoms with Gasteiger partial charge in [-0.25, -0.2) is 4.98 Å². The van der Waals surface area contributed by atoms with Crippen LogP contribution in [-0.4, -0.2) is 58.8 Å². The van der Waals surface area contributed by atoms with E-state index in [1.807, 2.05) is 42.5 Å². The second-order valence-electron chi connectivity index (χ2n) is 9.79. The summed E-state index contributed by atoms with van der Waals surface area (Å²) in [6, 6.07) is 16.8. The number of allylic oxidation sites excluding steroid dienone is 1. The first kappa shape index (κ1) is 26.4. The van der Waals surface area contributed by atoms with Crippen LogP contribution in [-0.2, 0) is 12.0 Å². The van der Waals surface area contributed by atoms with Gasteiger partial charge in [-0.15, -0.1) is 0 Å². The number of hydrogen-bond acceptors (Lipinski definition) is 6. The molecule has 0 unspecified atom stereocenters. The number of aliphatic hydroxyl groups is 2. The van der Waals surface area contributed by atoms with E-state index in [2.05, 4.69) is 21.3 Å². The van der Waals surface area contributed by atoms with Crippen LogP contribution < -0.4 is 10.1 Å². The van der Waals surface area contributed by atoms with E-state index in [-0.39, 0.29) is 19.1 Å². The lowest BCUT2D eigenvalue weighted by molar-refractivity contribution is -0.0254. The molecule has 3 aromatic rings. The summed E-state index contributed by atoms with van der Waals surface area (Å²) in [7, 11) is 0. The summed E-state index contributed by atoms with van der Waals surface area (Å²) < 4.78 is 6.17. The second kappa shape index (κ2) is 11.7. The first-order valence-electron chi connectivity index (χ1n) is 13.0. The number of carbonyl (C=O) groups is 1. The molecule has 0 atom stereocenters. The summed E-state index contributed by atoms with van der Waals surface area (Å²) in [6.07, 6.45) is 6.61. The lowest BCUT2D eigenvalue weighted by Gasteiger charge is -2.38. The van der Waals surface area contributed by atoms with E-state index in [1.165, 1.54) is 0 Å². The number of amides is 1. The molecule has 0 bridgehead atoms. The van der Waals surface area contributed by atoms with Gasteiger partial charge in [0.2, 0.25) is 5.88 Å². The molecule has 1 fully saturated rings. The molecule has 1 aromatic heterocycles. The van der Waals surface area contributed by atoms with Crippen molar-refractivity contribution in [3.63, 3.8) is 0 Å². The van der Waals surface area contributed by atoms with Crippen molar-refractivity contribution in [3.05, 3.63) is 94.1 Å². The highest BCUT2D eigenvalue weighted by atomic mass is 35.5. The zero-order valence-electron chi connectivity index (χ0n) is 21.2. The van der Waals surface area contributed by atoms with Crippen molar-refractivity contribution < 1.29 is 19.7 Å². The van der Waals surface area contributed by atoms with Crippen molar-refractivity contribution in [1.82, 2.24) is 15.2 Å². The average Bonchev–Trinajstić information content (AvgIpc) is 3.09. The molecule has 1 amide bonds. The van der Waals surface area contributed by atoms with E-state index >= 15 is 0 Å². The Hall–Kier alpha value is -3.23. The molecule has 8 heteroatoms. The molecule has 3 N–H and O–H groups in total. The van der Waals surface area contributed by atoms with E-state index in [1.54, 1.807) is 18.3 Å². The van der Waals surface area contributed by atoms with Crippen molar-refractivity contribution in [2.24, 2.45) is 0 Å². The van der Waals surface area contributed by atoms with E-state index < -0.39 is 5.60 Å². The third kappa shape index (κ3) is 5.76. The van der Waals surface area contributed by atoms with Crippen LogP contribution in [0.5, 0.6) is 11.6 Å². The van der Waals surface area contributed by atoms with Gasteiger partial charge in [-0.1, -0.05) is 35.9 Å². The van der Waals surface area contributed by atoms with Crippen LogP contribution in [0.25, 0.3) is 5.57 Å². The minimum Gasteiger partial charge on any atom is -0.438 e. The number of aromatic nitrogens is 1. The zero-order chi connectivity index (χ0) is 26.5. The van der Waals surface area contributed by atoms with E-state index in [9.17, 15) is 9.90 Å². The number of fused-ring (bicyclic) bond motifs is 2. The summed E-state index contributed by atoms with van der Waals surface area (Å²) in [5.41, 5.74) is 3.42. The summed E-state index contributed by atoms with van der Waals surface area (Å²) in [4.78, 5) is 19.6. The Bertz CT molecular complexity index is 1320. The van der Waals surface area contributed by atoms with Crippen LogP contribution in [0, 0.1) is 0 Å². The fourth-order valence-corrected chi connectivity index (χ4v) is 5.35. The number of aliphatic hydroxyl groups excluding tert-OH is 1. The predicted molar refractivity (Wildman–Crippen MR) is 147 cm³/mol. The number of ether oxygens (including phenoxy) is 1. The quantitative estimate of drug-likeness (QED) is 0.412. The number of rotatable bonds is 7. The van der Waals surface area contributed by atoms with Crippen molar-refractivity contribution in [2.45, 2.75) is 31.3 Å². The maximum atomic E-state index is 12.8. The minimum absolute atomic E-state index is 0.120. The molecule has 5 rings (SSSR count). The molecular weight excluding hydrogens is 502 g/mol. The molecule has 0 spiro atoms. The van der Waals surface area contributed by atoms with Crippen LogP contribution >= 0.6 is 11.6 Å². The fourth-order valence-electron chi connectivity index (χ4n) is 5.23. The predicted octanol–water partition coefficient (Wildman–Crippen LogP) is 4.56. The molecule has 0 radical (unpaired) electrons. The SMILES string of the molecule is O=C(NCCO)c1cccc2c1CC(=CCCN1CCC(O)(c3ccc(Cl)cc3)CC1)c1cccnc1O2. The van der Waals surface area contributed by atoms with Crippen LogP contribution in [0.1, 0.15) is 46.3 Å². The standard InChI is InChI=1S/C30H32ClN3O4/c31-23-10-8-22(9-11-23)30(37)12-17-34(18-13-30)16-3-4-21-20-26-25(28(36)32-15-19-35)5-1-7-27(26)38-29-24(21)6-2-14-33-29/h1-2,4-11,14,35,37H,3,12-13,15-20H2,(H,32,36). The zero-order valence-corrected chi connectivity index (χ0v) is 22.0. The second-order valence-corrected chi connectivity index (χ2v) is 10.2. The molecule has 1 saturated heterocycles. The molecule has 2 aromatic carbocycles. The molecule has 198 valence electrons. The Morgan fingerprint density at radius 1 is 1.13 bits per heavy atom. The van der Waals surface area contributed by atoms with Gasteiger partial charge in [0.1, 0.15) is 5.75 Å². The van der Waals surface area contributed by atoms with Crippen molar-refractivity contribution in [1.29, 1.82) is 0 Å². The van der Waals surface area contributed by atoms with Crippen molar-refractivity contribution >= 4 is 23.1 Å². The fraction of sp³-hybridized carbons (Fsp3) is 0.333. The van der Waals surface area contributed by atoms with Crippen LogP contribution in [0.3, 0.4) is 0 Å². The topological polar surface area (TPSA) is 94.9 Å². The van der Waals surface area contributed by atoms with Crippen LogP contribution in [0.2, 0.25) is 5.02 Å². The van der Waals surface area contributed by atoms with Gasteiger partial charge in [-0.3, -0.25) is 4.79 Å². The maximum absolute atomic E-state index is 12.8. The van der Waals surface area contributed by atoms with Gasteiger partial charge in [0.25, 0.3) is 5.91 Å². The number of likely N-dealkylation sites (tertiary alicyclic amines) is 1. The highest BCUT2D eigenvalue weighted by Crippen LogP contribution is 2.39. The Kier molecular flexibility index (Phi) is 8.09. The number of halogens is 1. The number of nitrogens with zero attached hydrogens (tertiary/aromatic N) is 2. The van der Waals surface area contributed by atoms with Gasteiger partial charge in [0, 0.05) is 60.5 Å². The molecule has 7 nitrogen and oxygen atoms in total. The average molecular weight is 534 g/mol. The van der Waals surface area contributed by atoms with Gasteiger partial charge >= 0.3 is 0 Å². The molecule has 2 aliphatic rings. The molecule has 38 heavy (non-hydrogen) atoms. The van der Waals surface area contributed by atoms with Crippen LogP contribution in [0.4, 0.5) is 0 Å². The van der Waals surface area contributed by atoms with Crippen molar-refractivity contribution in [3.8, 4) is 11.6 Å². The van der Waals surface area contributed by atoms with Crippen molar-refractivity contribution in [2.75, 3.05) is 32.8 Å². The van der Waals surface area contributed by atoms with Crippen LogP contribution in [0.15, 0.2) is 66.9 Å². The first-order valence-corrected chi connectivity index (χ1v) is 13.4. The molecule has 0 aliphatic carbocycles. The number of pyridine rings is 1. The number of nitrogens with one attached hydrogen (secondary N) is 1. The lowest BCUT2D eigenvalue weighted by atomic mass is 9.84. The van der Waals surface area contributed by atoms with E-state index in [0.29, 0.717) is 41.5 Å². The highest BCUT2D eigenvalue weighted by molar-refractivity contribution is 6.30. The van der Waals surface area contributed by atoms with E-state index in [4.69, 9.17) is 21.4 Å². The lowest BCUT2D eigenvalue weighted by Crippen LogP contribution is -2.42. The minimum atomic E-state index is -0.820. The third-order valence-electron chi connectivity index (χ3n) is 7.37.